The molecule has 0 aromatic heterocycles. The molecule has 1 amide bonds. The number of amides is 1. The summed E-state index contributed by atoms with van der Waals surface area (Å²) < 4.78 is 11.0. The molecule has 0 bridgehead atoms. The third kappa shape index (κ3) is 4.46. The van der Waals surface area contributed by atoms with E-state index in [1.165, 1.54) is 10.6 Å². The van der Waals surface area contributed by atoms with Crippen molar-refractivity contribution in [2.45, 2.75) is 26.7 Å². The van der Waals surface area contributed by atoms with E-state index in [1.54, 1.807) is 13.2 Å². The third-order valence-corrected chi connectivity index (χ3v) is 5.21. The molecule has 6 heteroatoms. The van der Waals surface area contributed by atoms with Crippen LogP contribution < -0.4 is 14.5 Å². The van der Waals surface area contributed by atoms with Crippen molar-refractivity contribution in [2.24, 2.45) is 11.0 Å². The van der Waals surface area contributed by atoms with Gasteiger partial charge >= 0.3 is 0 Å². The number of hydrogen-bond acceptors (Lipinski definition) is 4. The lowest BCUT2D eigenvalue weighted by Crippen LogP contribution is -2.28. The topological polar surface area (TPSA) is 51.1 Å². The van der Waals surface area contributed by atoms with Crippen molar-refractivity contribution < 1.29 is 14.3 Å². The van der Waals surface area contributed by atoms with Crippen LogP contribution in [0.4, 0.5) is 5.69 Å². The van der Waals surface area contributed by atoms with E-state index < -0.39 is 0 Å². The highest BCUT2D eigenvalue weighted by molar-refractivity contribution is 6.32. The van der Waals surface area contributed by atoms with Crippen LogP contribution in [0.5, 0.6) is 11.5 Å². The number of aryl methyl sites for hydroxylation is 1. The Morgan fingerprint density at radius 1 is 1.24 bits per heavy atom. The van der Waals surface area contributed by atoms with Crippen LogP contribution in [-0.2, 0) is 17.6 Å². The van der Waals surface area contributed by atoms with Gasteiger partial charge in [0.2, 0.25) is 0 Å². The number of nitrogens with zero attached hydrogens (tertiary/aromatic N) is 2. The molecule has 0 fully saturated rings. The van der Waals surface area contributed by atoms with Gasteiger partial charge in [-0.2, -0.15) is 5.10 Å². The number of hydrazone groups is 1. The second kappa shape index (κ2) is 9.14. The van der Waals surface area contributed by atoms with Gasteiger partial charge in [-0.15, -0.1) is 0 Å². The van der Waals surface area contributed by atoms with Crippen molar-refractivity contribution in [1.82, 2.24) is 0 Å². The van der Waals surface area contributed by atoms with Crippen LogP contribution in [0.25, 0.3) is 0 Å². The Hall–Kier alpha value is -2.79. The van der Waals surface area contributed by atoms with Crippen LogP contribution in [0.1, 0.15) is 25.0 Å². The first-order chi connectivity index (χ1) is 14.0. The van der Waals surface area contributed by atoms with E-state index in [1.807, 2.05) is 43.3 Å². The fraction of sp³-hybridized carbons (Fsp3) is 0.304. The smallest absolute Gasteiger partial charge is 0.256 e. The highest BCUT2D eigenvalue weighted by Gasteiger charge is 2.34. The lowest BCUT2D eigenvalue weighted by molar-refractivity contribution is -0.119. The second-order valence-electron chi connectivity index (χ2n) is 6.88. The number of rotatable bonds is 8. The first-order valence-electron chi connectivity index (χ1n) is 9.56. The molecule has 1 aliphatic heterocycles. The molecule has 0 saturated carbocycles. The maximum Gasteiger partial charge on any atom is 0.256 e. The second-order valence-corrected chi connectivity index (χ2v) is 7.28. The number of halogens is 1. The van der Waals surface area contributed by atoms with E-state index in [0.29, 0.717) is 29.5 Å². The van der Waals surface area contributed by atoms with Crippen LogP contribution in [0.2, 0.25) is 5.02 Å². The number of anilines is 1. The average molecular weight is 413 g/mol. The largest absolute Gasteiger partial charge is 0.493 e. The van der Waals surface area contributed by atoms with E-state index in [4.69, 9.17) is 21.1 Å². The Kier molecular flexibility index (Phi) is 6.60. The number of methoxy groups -OCH3 is 1. The van der Waals surface area contributed by atoms with Crippen LogP contribution in [0.3, 0.4) is 0 Å². The first kappa shape index (κ1) is 20.9. The summed E-state index contributed by atoms with van der Waals surface area (Å²) in [7, 11) is 1.56. The molecule has 0 radical (unpaired) electrons. The van der Waals surface area contributed by atoms with Gasteiger partial charge in [0.1, 0.15) is 6.61 Å². The van der Waals surface area contributed by atoms with Crippen molar-refractivity contribution in [3.05, 3.63) is 65.2 Å². The van der Waals surface area contributed by atoms with Gasteiger partial charge in [-0.05, 0) is 55.2 Å². The minimum absolute atomic E-state index is 0.0474. The van der Waals surface area contributed by atoms with E-state index in [0.717, 1.165) is 23.4 Å². The molecule has 5 nitrogen and oxygen atoms in total. The average Bonchev–Trinajstić information content (AvgIpc) is 3.01. The number of benzene rings is 2. The zero-order chi connectivity index (χ0) is 21.0. The van der Waals surface area contributed by atoms with Crippen LogP contribution in [-0.4, -0.2) is 25.3 Å². The third-order valence-electron chi connectivity index (χ3n) is 4.93. The fourth-order valence-electron chi connectivity index (χ4n) is 3.30. The van der Waals surface area contributed by atoms with Gasteiger partial charge in [-0.3, -0.25) is 4.79 Å². The molecule has 29 heavy (non-hydrogen) atoms. The molecule has 1 heterocycles. The van der Waals surface area contributed by atoms with E-state index in [2.05, 4.69) is 18.6 Å². The van der Waals surface area contributed by atoms with E-state index in [9.17, 15) is 4.79 Å². The molecule has 0 saturated heterocycles. The lowest BCUT2D eigenvalue weighted by Gasteiger charge is -2.16. The minimum Gasteiger partial charge on any atom is -0.493 e. The van der Waals surface area contributed by atoms with E-state index >= 15 is 0 Å². The molecule has 1 aliphatic rings. The maximum atomic E-state index is 13.0. The normalized spacial score (nSPS) is 16.0. The van der Waals surface area contributed by atoms with Crippen LogP contribution in [0.15, 0.2) is 54.2 Å². The zero-order valence-electron chi connectivity index (χ0n) is 16.9. The predicted molar refractivity (Wildman–Crippen MR) is 117 cm³/mol. The monoisotopic (exact) mass is 412 g/mol. The van der Waals surface area contributed by atoms with Crippen molar-refractivity contribution in [2.75, 3.05) is 18.7 Å². The lowest BCUT2D eigenvalue weighted by atomic mass is 9.95. The molecule has 152 valence electrons. The van der Waals surface area contributed by atoms with Gasteiger partial charge in [0, 0.05) is 5.71 Å². The Morgan fingerprint density at radius 3 is 2.59 bits per heavy atom. The summed E-state index contributed by atoms with van der Waals surface area (Å²) in [5, 5.41) is 6.42. The molecule has 2 aromatic rings. The van der Waals surface area contributed by atoms with Crippen molar-refractivity contribution in [3.8, 4) is 11.5 Å². The Bertz CT molecular complexity index is 938. The standard InChI is InChI=1S/C23H25ClN2O3/c1-5-11-29-22-20(24)13-17(14-21(22)28-4)12-19-15(3)25-26(23(19)27)18-9-7-16(6-2)8-10-18/h5,7-10,13-14,19H,1,6,11-12H2,2-4H3/t19-/m0/s1. The summed E-state index contributed by atoms with van der Waals surface area (Å²) in [5.41, 5.74) is 3.65. The van der Waals surface area contributed by atoms with Gasteiger partial charge < -0.3 is 9.47 Å². The van der Waals surface area contributed by atoms with Gasteiger partial charge in [0.05, 0.1) is 23.7 Å². The summed E-state index contributed by atoms with van der Waals surface area (Å²) in [4.78, 5) is 13.0. The van der Waals surface area contributed by atoms with E-state index in [-0.39, 0.29) is 11.8 Å². The maximum absolute atomic E-state index is 13.0. The van der Waals surface area contributed by atoms with Gasteiger partial charge in [-0.25, -0.2) is 5.01 Å². The molecule has 0 unspecified atom stereocenters. The quantitative estimate of drug-likeness (QED) is 0.569. The fourth-order valence-corrected chi connectivity index (χ4v) is 3.59. The predicted octanol–water partition coefficient (Wildman–Crippen LogP) is 5.06. The Morgan fingerprint density at radius 2 is 1.97 bits per heavy atom. The van der Waals surface area contributed by atoms with Gasteiger partial charge in [0.15, 0.2) is 11.5 Å². The highest BCUT2D eigenvalue weighted by atomic mass is 35.5. The number of hydrogen-bond donors (Lipinski definition) is 0. The van der Waals surface area contributed by atoms with Crippen LogP contribution >= 0.6 is 11.6 Å². The summed E-state index contributed by atoms with van der Waals surface area (Å²) in [6, 6.07) is 11.6. The molecule has 0 N–H and O–H groups in total. The Balaban J connectivity index is 1.81. The number of carbonyl (C=O) groups excluding carboxylic acids is 1. The van der Waals surface area contributed by atoms with Gasteiger partial charge in [-0.1, -0.05) is 43.3 Å². The molecular formula is C23H25ClN2O3. The zero-order valence-corrected chi connectivity index (χ0v) is 17.7. The highest BCUT2D eigenvalue weighted by Crippen LogP contribution is 2.37. The first-order valence-corrected chi connectivity index (χ1v) is 9.94. The Labute approximate surface area is 176 Å². The van der Waals surface area contributed by atoms with Gasteiger partial charge in [0.25, 0.3) is 5.91 Å². The SMILES string of the molecule is C=CCOc1c(Cl)cc(C[C@@H]2C(=O)N(c3ccc(CC)cc3)N=C2C)cc1OC. The number of ether oxygens (including phenoxy) is 2. The summed E-state index contributed by atoms with van der Waals surface area (Å²) in [6.07, 6.45) is 3.08. The molecule has 0 spiro atoms. The summed E-state index contributed by atoms with van der Waals surface area (Å²) in [6.45, 7) is 7.95. The van der Waals surface area contributed by atoms with Crippen molar-refractivity contribution in [1.29, 1.82) is 0 Å². The summed E-state index contributed by atoms with van der Waals surface area (Å²) in [5.74, 6) is 0.607. The summed E-state index contributed by atoms with van der Waals surface area (Å²) >= 11 is 6.40. The number of carbonyl (C=O) groups is 1. The molecule has 2 aromatic carbocycles. The minimum atomic E-state index is -0.346. The molecule has 0 aliphatic carbocycles. The molecular weight excluding hydrogens is 388 g/mol. The molecule has 1 atom stereocenters. The van der Waals surface area contributed by atoms with Crippen LogP contribution in [0, 0.1) is 5.92 Å². The van der Waals surface area contributed by atoms with Crippen molar-refractivity contribution >= 4 is 28.9 Å². The molecule has 3 rings (SSSR count). The van der Waals surface area contributed by atoms with Crippen molar-refractivity contribution in [3.63, 3.8) is 0 Å².